The lowest BCUT2D eigenvalue weighted by Gasteiger charge is -2.35. The van der Waals surface area contributed by atoms with Crippen molar-refractivity contribution in [3.8, 4) is 28.7 Å². The number of rotatable bonds is 5. The molecule has 1 aliphatic heterocycles. The van der Waals surface area contributed by atoms with E-state index in [1.165, 1.54) is 12.7 Å². The summed E-state index contributed by atoms with van der Waals surface area (Å²) in [4.78, 5) is 2.20. The highest BCUT2D eigenvalue weighted by molar-refractivity contribution is 5.65. The molecular weight excluding hydrogens is 334 g/mol. The first-order chi connectivity index (χ1) is 12.5. The lowest BCUT2D eigenvalue weighted by Crippen LogP contribution is -2.39. The number of aromatic hydroxyl groups is 1. The van der Waals surface area contributed by atoms with Gasteiger partial charge in [0.2, 0.25) is 5.75 Å². The molecule has 0 atom stereocenters. The van der Waals surface area contributed by atoms with Gasteiger partial charge in [-0.15, -0.1) is 0 Å². The fourth-order valence-corrected chi connectivity index (χ4v) is 2.56. The number of ether oxygens (including phenoxy) is 4. The van der Waals surface area contributed by atoms with Gasteiger partial charge in [-0.05, 0) is 17.7 Å². The van der Waals surface area contributed by atoms with Crippen LogP contribution in [0.4, 0.5) is 5.69 Å². The summed E-state index contributed by atoms with van der Waals surface area (Å²) in [6.07, 6.45) is 0. The van der Waals surface area contributed by atoms with E-state index in [-0.39, 0.29) is 5.75 Å². The van der Waals surface area contributed by atoms with Gasteiger partial charge in [0.25, 0.3) is 0 Å². The molecule has 2 aromatic carbocycles. The molecule has 6 heteroatoms. The molecule has 0 unspecified atom stereocenters. The predicted octanol–water partition coefficient (Wildman–Crippen LogP) is 3.49. The maximum atomic E-state index is 8.99. The van der Waals surface area contributed by atoms with Gasteiger partial charge in [0.1, 0.15) is 0 Å². The molecule has 140 valence electrons. The zero-order valence-corrected chi connectivity index (χ0v) is 15.6. The van der Waals surface area contributed by atoms with E-state index in [9.17, 15) is 0 Å². The van der Waals surface area contributed by atoms with Crippen LogP contribution in [0, 0.1) is 0 Å². The predicted molar refractivity (Wildman–Crippen MR) is 102 cm³/mol. The Bertz CT molecular complexity index is 727. The number of para-hydroxylation sites is 2. The van der Waals surface area contributed by atoms with Crippen LogP contribution in [-0.2, 0) is 0 Å². The van der Waals surface area contributed by atoms with E-state index in [1.54, 1.807) is 45.6 Å². The van der Waals surface area contributed by atoms with Crippen LogP contribution in [-0.4, -0.2) is 46.6 Å². The van der Waals surface area contributed by atoms with Crippen molar-refractivity contribution in [1.82, 2.24) is 0 Å². The Morgan fingerprint density at radius 3 is 1.77 bits per heavy atom. The molecule has 1 heterocycles. The Morgan fingerprint density at radius 1 is 0.846 bits per heavy atom. The Morgan fingerprint density at radius 2 is 1.38 bits per heavy atom. The topological polar surface area (TPSA) is 60.4 Å². The summed E-state index contributed by atoms with van der Waals surface area (Å²) in [5.41, 5.74) is 2.30. The average molecular weight is 359 g/mol. The lowest BCUT2D eigenvalue weighted by molar-refractivity contribution is 0.324. The van der Waals surface area contributed by atoms with Crippen LogP contribution in [0.15, 0.2) is 48.6 Å². The molecule has 0 bridgehead atoms. The van der Waals surface area contributed by atoms with E-state index in [1.807, 2.05) is 12.1 Å². The van der Waals surface area contributed by atoms with Gasteiger partial charge in [-0.2, -0.15) is 0 Å². The Balaban J connectivity index is 0.000000228. The Labute approximate surface area is 154 Å². The molecule has 0 radical (unpaired) electrons. The van der Waals surface area contributed by atoms with Crippen molar-refractivity contribution >= 4 is 5.69 Å². The lowest BCUT2D eigenvalue weighted by atomic mass is 10.1. The molecule has 1 aliphatic rings. The van der Waals surface area contributed by atoms with Crippen molar-refractivity contribution in [3.63, 3.8) is 0 Å². The first kappa shape index (κ1) is 19.3. The molecule has 1 fully saturated rings. The smallest absolute Gasteiger partial charge is 0.203 e. The Hall–Kier alpha value is -3.02. The van der Waals surface area contributed by atoms with Gasteiger partial charge in [-0.25, -0.2) is 0 Å². The maximum absolute atomic E-state index is 8.99. The monoisotopic (exact) mass is 359 g/mol. The minimum Gasteiger partial charge on any atom is -0.504 e. The molecule has 0 aromatic heterocycles. The van der Waals surface area contributed by atoms with Crippen LogP contribution >= 0.6 is 0 Å². The molecule has 6 nitrogen and oxygen atoms in total. The third kappa shape index (κ3) is 4.33. The summed E-state index contributed by atoms with van der Waals surface area (Å²) in [5, 5.41) is 8.99. The fraction of sp³-hybridized carbons (Fsp3) is 0.300. The van der Waals surface area contributed by atoms with E-state index in [0.717, 1.165) is 18.8 Å². The van der Waals surface area contributed by atoms with Gasteiger partial charge in [0, 0.05) is 30.9 Å². The van der Waals surface area contributed by atoms with E-state index in [4.69, 9.17) is 24.1 Å². The van der Waals surface area contributed by atoms with Crippen molar-refractivity contribution < 1.29 is 24.1 Å². The molecular formula is C20H25NO5. The summed E-state index contributed by atoms with van der Waals surface area (Å²) in [6, 6.07) is 10.7. The number of hydrogen-bond donors (Lipinski definition) is 1. The second-order valence-corrected chi connectivity index (χ2v) is 5.66. The minimum atomic E-state index is 0.181. The largest absolute Gasteiger partial charge is 0.504 e. The quantitative estimate of drug-likeness (QED) is 0.825. The number of phenols is 1. The number of hydrogen-bond acceptors (Lipinski definition) is 6. The van der Waals surface area contributed by atoms with Gasteiger partial charge >= 0.3 is 0 Å². The van der Waals surface area contributed by atoms with Gasteiger partial charge in [-0.1, -0.05) is 18.7 Å². The highest BCUT2D eigenvalue weighted by Crippen LogP contribution is 2.42. The molecule has 1 N–H and O–H groups in total. The number of methoxy groups -OCH3 is 4. The number of phenolic OH excluding ortho intramolecular Hbond substituents is 1. The summed E-state index contributed by atoms with van der Waals surface area (Å²) >= 11 is 0. The van der Waals surface area contributed by atoms with Gasteiger partial charge in [0.05, 0.1) is 28.4 Å². The molecule has 0 spiro atoms. The Kier molecular flexibility index (Phi) is 6.60. The molecule has 0 saturated carbocycles. The van der Waals surface area contributed by atoms with Gasteiger partial charge in [0.15, 0.2) is 23.0 Å². The van der Waals surface area contributed by atoms with Crippen molar-refractivity contribution in [3.05, 3.63) is 48.6 Å². The average Bonchev–Trinajstić information content (AvgIpc) is 2.65. The second kappa shape index (κ2) is 8.89. The maximum Gasteiger partial charge on any atom is 0.203 e. The molecule has 3 rings (SSSR count). The third-order valence-electron chi connectivity index (χ3n) is 3.93. The number of anilines is 1. The number of nitrogens with zero attached hydrogens (tertiary/aromatic N) is 1. The van der Waals surface area contributed by atoms with E-state index in [2.05, 4.69) is 11.5 Å². The van der Waals surface area contributed by atoms with Crippen molar-refractivity contribution in [2.75, 3.05) is 46.4 Å². The van der Waals surface area contributed by atoms with E-state index >= 15 is 0 Å². The van der Waals surface area contributed by atoms with Crippen LogP contribution < -0.4 is 23.8 Å². The van der Waals surface area contributed by atoms with E-state index in [0.29, 0.717) is 23.0 Å². The van der Waals surface area contributed by atoms with Gasteiger partial charge in [-0.3, -0.25) is 0 Å². The van der Waals surface area contributed by atoms with Crippen molar-refractivity contribution in [1.29, 1.82) is 0 Å². The third-order valence-corrected chi connectivity index (χ3v) is 3.93. The van der Waals surface area contributed by atoms with Crippen LogP contribution in [0.1, 0.15) is 0 Å². The molecule has 0 aliphatic carbocycles. The summed E-state index contributed by atoms with van der Waals surface area (Å²) in [5.74, 6) is 2.68. The van der Waals surface area contributed by atoms with Crippen LogP contribution in [0.2, 0.25) is 0 Å². The molecule has 26 heavy (non-hydrogen) atoms. The zero-order chi connectivity index (χ0) is 19.1. The van der Waals surface area contributed by atoms with Crippen LogP contribution in [0.25, 0.3) is 0 Å². The summed E-state index contributed by atoms with van der Waals surface area (Å²) in [6.45, 7) is 5.70. The van der Waals surface area contributed by atoms with Crippen LogP contribution in [0.3, 0.4) is 0 Å². The van der Waals surface area contributed by atoms with Crippen molar-refractivity contribution in [2.45, 2.75) is 0 Å². The fourth-order valence-electron chi connectivity index (χ4n) is 2.56. The molecule has 0 amide bonds. The van der Waals surface area contributed by atoms with Gasteiger partial charge < -0.3 is 29.0 Å². The summed E-state index contributed by atoms with van der Waals surface area (Å²) < 4.78 is 20.7. The van der Waals surface area contributed by atoms with Crippen molar-refractivity contribution in [2.24, 2.45) is 0 Å². The highest BCUT2D eigenvalue weighted by atomic mass is 16.5. The zero-order valence-electron chi connectivity index (χ0n) is 15.6. The summed E-state index contributed by atoms with van der Waals surface area (Å²) in [7, 11) is 6.37. The standard InChI is InChI=1S/C13H17NO3.C7H8O2/c1-9-7-14(8-9)10-5-11(15-2)13(17-4)12(6-10)16-3;1-9-7-5-3-2-4-6(7)8/h5-6H,1,7-8H2,2-4H3;2-5,8H,1H3. The highest BCUT2D eigenvalue weighted by Gasteiger charge is 2.22. The first-order valence-electron chi connectivity index (χ1n) is 8.07. The second-order valence-electron chi connectivity index (χ2n) is 5.66. The molecule has 1 saturated heterocycles. The van der Waals surface area contributed by atoms with E-state index < -0.39 is 0 Å². The minimum absolute atomic E-state index is 0.181. The number of benzene rings is 2. The molecule has 2 aromatic rings. The van der Waals surface area contributed by atoms with Crippen LogP contribution in [0.5, 0.6) is 28.7 Å². The first-order valence-corrected chi connectivity index (χ1v) is 8.07. The SMILES string of the molecule is C=C1CN(c2cc(OC)c(OC)c(OC)c2)C1.COc1ccccc1O. The normalized spacial score (nSPS) is 12.5.